The van der Waals surface area contributed by atoms with E-state index in [-0.39, 0.29) is 5.75 Å². The molecule has 0 aliphatic carbocycles. The largest absolute Gasteiger partial charge is 0.423 e. The number of ether oxygens (including phenoxy) is 2. The number of carbonyl (C=O) groups excluding carboxylic acids is 2. The van der Waals surface area contributed by atoms with Gasteiger partial charge < -0.3 is 14.4 Å². The van der Waals surface area contributed by atoms with Crippen LogP contribution < -0.4 is 14.4 Å². The topological polar surface area (TPSA) is 82.1 Å². The van der Waals surface area contributed by atoms with Gasteiger partial charge in [-0.1, -0.05) is 32.1 Å². The molecule has 0 fully saturated rings. The minimum Gasteiger partial charge on any atom is -0.423 e. The lowest BCUT2D eigenvalue weighted by molar-refractivity contribution is -0.137. The molecule has 0 aliphatic rings. The molecule has 0 bridgehead atoms. The van der Waals surface area contributed by atoms with Crippen molar-refractivity contribution in [2.45, 2.75) is 26.7 Å². The van der Waals surface area contributed by atoms with Crippen LogP contribution in [-0.2, 0) is 11.2 Å². The van der Waals surface area contributed by atoms with Crippen LogP contribution in [0.25, 0.3) is 10.8 Å². The van der Waals surface area contributed by atoms with Crippen LogP contribution in [0.2, 0.25) is 0 Å². The number of carbonyl (C=O) groups is 2. The maximum absolute atomic E-state index is 12.7. The molecule has 0 radical (unpaired) electrons. The van der Waals surface area contributed by atoms with E-state index in [0.29, 0.717) is 29.1 Å². The summed E-state index contributed by atoms with van der Waals surface area (Å²) in [7, 11) is 0. The second-order valence-electron chi connectivity index (χ2n) is 6.89. The lowest BCUT2D eigenvalue weighted by Gasteiger charge is -2.11. The molecule has 6 heteroatoms. The van der Waals surface area contributed by atoms with Gasteiger partial charge in [0, 0.05) is 5.57 Å². The van der Waals surface area contributed by atoms with Gasteiger partial charge in [0.15, 0.2) is 5.75 Å². The van der Waals surface area contributed by atoms with E-state index >= 15 is 0 Å². The van der Waals surface area contributed by atoms with E-state index in [0.717, 1.165) is 22.8 Å². The highest BCUT2D eigenvalue weighted by molar-refractivity contribution is 5.97. The van der Waals surface area contributed by atoms with Gasteiger partial charge in [-0.3, -0.25) is 0 Å². The van der Waals surface area contributed by atoms with Crippen LogP contribution in [0.1, 0.15) is 36.2 Å². The second-order valence-corrected chi connectivity index (χ2v) is 6.89. The smallest absolute Gasteiger partial charge is 0.343 e. The van der Waals surface area contributed by atoms with Crippen molar-refractivity contribution in [3.8, 4) is 17.2 Å². The van der Waals surface area contributed by atoms with Crippen molar-refractivity contribution in [3.63, 3.8) is 0 Å². The third-order valence-electron chi connectivity index (χ3n) is 4.47. The average Bonchev–Trinajstić information content (AvgIpc) is 2.74. The maximum Gasteiger partial charge on any atom is 0.343 e. The summed E-state index contributed by atoms with van der Waals surface area (Å²) < 4.78 is 10.8. The first-order valence-corrected chi connectivity index (χ1v) is 9.49. The van der Waals surface area contributed by atoms with E-state index in [4.69, 9.17) is 14.7 Å². The molecule has 0 aromatic heterocycles. The van der Waals surface area contributed by atoms with E-state index in [1.165, 1.54) is 6.07 Å². The number of benzene rings is 3. The van der Waals surface area contributed by atoms with E-state index in [2.05, 4.69) is 11.5 Å². The third kappa shape index (κ3) is 4.85. The van der Waals surface area contributed by atoms with Gasteiger partial charge in [-0.05, 0) is 72.1 Å². The molecule has 0 saturated carbocycles. The van der Waals surface area contributed by atoms with Crippen molar-refractivity contribution >= 4 is 22.7 Å². The summed E-state index contributed by atoms with van der Waals surface area (Å²) >= 11 is 0. The first-order chi connectivity index (χ1) is 14.4. The van der Waals surface area contributed by atoms with Gasteiger partial charge in [-0.25, -0.2) is 14.8 Å². The molecule has 0 saturated heterocycles. The normalized spacial score (nSPS) is 10.5. The first kappa shape index (κ1) is 21.1. The molecular formula is C24H22O6. The molecule has 0 heterocycles. The van der Waals surface area contributed by atoms with Gasteiger partial charge in [-0.2, -0.15) is 0 Å². The first-order valence-electron chi connectivity index (χ1n) is 9.49. The Balaban J connectivity index is 1.82. The predicted octanol–water partition coefficient (Wildman–Crippen LogP) is 5.34. The van der Waals surface area contributed by atoms with Crippen LogP contribution in [0.4, 0.5) is 0 Å². The number of esters is 2. The Kier molecular flexibility index (Phi) is 6.49. The molecular weight excluding hydrogens is 384 g/mol. The fraction of sp³-hybridized carbons (Fsp3) is 0.167. The third-order valence-corrected chi connectivity index (χ3v) is 4.47. The van der Waals surface area contributed by atoms with Crippen LogP contribution in [0, 0.1) is 0 Å². The van der Waals surface area contributed by atoms with Crippen molar-refractivity contribution in [3.05, 3.63) is 77.9 Å². The lowest BCUT2D eigenvalue weighted by Crippen LogP contribution is -2.10. The highest BCUT2D eigenvalue weighted by atomic mass is 17.1. The van der Waals surface area contributed by atoms with Crippen molar-refractivity contribution < 1.29 is 29.2 Å². The van der Waals surface area contributed by atoms with Crippen LogP contribution in [0.5, 0.6) is 17.2 Å². The number of fused-ring (bicyclic) bond motifs is 1. The minimum absolute atomic E-state index is 0.284. The Morgan fingerprint density at radius 1 is 0.933 bits per heavy atom. The summed E-state index contributed by atoms with van der Waals surface area (Å²) in [5, 5.41) is 10.5. The average molecular weight is 406 g/mol. The van der Waals surface area contributed by atoms with Crippen molar-refractivity contribution in [2.75, 3.05) is 0 Å². The van der Waals surface area contributed by atoms with Gasteiger partial charge in [0.1, 0.15) is 11.5 Å². The molecule has 0 aliphatic heterocycles. The van der Waals surface area contributed by atoms with E-state index in [1.807, 2.05) is 6.92 Å². The molecule has 1 N–H and O–H groups in total. The summed E-state index contributed by atoms with van der Waals surface area (Å²) in [4.78, 5) is 28.6. The maximum atomic E-state index is 12.7. The molecule has 3 aromatic carbocycles. The number of rotatable bonds is 7. The Bertz CT molecular complexity index is 1120. The minimum atomic E-state index is -0.496. The van der Waals surface area contributed by atoms with Crippen LogP contribution in [0.3, 0.4) is 0 Å². The summed E-state index contributed by atoms with van der Waals surface area (Å²) in [5.41, 5.74) is 1.47. The Morgan fingerprint density at radius 3 is 2.33 bits per heavy atom. The van der Waals surface area contributed by atoms with E-state index in [1.54, 1.807) is 55.5 Å². The SMILES string of the molecule is C=C(C)C(=O)Oc1ccc2cc(C(=O)Oc3ccc(OO)cc3CCC)ccc2c1. The zero-order chi connectivity index (χ0) is 21.7. The van der Waals surface area contributed by atoms with Gasteiger partial charge in [-0.15, -0.1) is 0 Å². The Morgan fingerprint density at radius 2 is 1.63 bits per heavy atom. The van der Waals surface area contributed by atoms with Crippen LogP contribution in [0.15, 0.2) is 66.7 Å². The Labute approximate surface area is 174 Å². The van der Waals surface area contributed by atoms with Gasteiger partial charge >= 0.3 is 11.9 Å². The summed E-state index contributed by atoms with van der Waals surface area (Å²) in [5.74, 6) is 0.123. The predicted molar refractivity (Wildman–Crippen MR) is 113 cm³/mol. The molecule has 0 unspecified atom stereocenters. The van der Waals surface area contributed by atoms with Gasteiger partial charge in [0.2, 0.25) is 0 Å². The number of aryl methyl sites for hydroxylation is 1. The van der Waals surface area contributed by atoms with E-state index in [9.17, 15) is 9.59 Å². The van der Waals surface area contributed by atoms with Crippen LogP contribution in [-0.4, -0.2) is 17.2 Å². The zero-order valence-electron chi connectivity index (χ0n) is 16.8. The van der Waals surface area contributed by atoms with Gasteiger partial charge in [0.25, 0.3) is 0 Å². The standard InChI is InChI=1S/C24H22O6/c1-4-5-18-14-21(30-27)10-11-22(18)29-24(26)19-7-6-17-13-20(9-8-16(17)12-19)28-23(25)15(2)3/h6-14,27H,2,4-5H2,1,3H3. The quantitative estimate of drug-likeness (QED) is 0.187. The number of hydrogen-bond donors (Lipinski definition) is 1. The molecule has 0 spiro atoms. The molecule has 30 heavy (non-hydrogen) atoms. The fourth-order valence-electron chi connectivity index (χ4n) is 2.94. The lowest BCUT2D eigenvalue weighted by atomic mass is 10.1. The van der Waals surface area contributed by atoms with Crippen LogP contribution >= 0.6 is 0 Å². The molecule has 3 aromatic rings. The van der Waals surface area contributed by atoms with Crippen molar-refractivity contribution in [2.24, 2.45) is 0 Å². The molecule has 0 amide bonds. The zero-order valence-corrected chi connectivity index (χ0v) is 16.8. The fourth-order valence-corrected chi connectivity index (χ4v) is 2.94. The second kappa shape index (κ2) is 9.24. The Hall–Kier alpha value is -3.64. The molecule has 0 atom stereocenters. The molecule has 3 rings (SSSR count). The highest BCUT2D eigenvalue weighted by Gasteiger charge is 2.14. The van der Waals surface area contributed by atoms with Gasteiger partial charge in [0.05, 0.1) is 5.56 Å². The molecule has 154 valence electrons. The monoisotopic (exact) mass is 406 g/mol. The van der Waals surface area contributed by atoms with Crippen molar-refractivity contribution in [1.29, 1.82) is 0 Å². The number of hydrogen-bond acceptors (Lipinski definition) is 6. The van der Waals surface area contributed by atoms with Crippen molar-refractivity contribution in [1.82, 2.24) is 0 Å². The molecule has 6 nitrogen and oxygen atoms in total. The summed E-state index contributed by atoms with van der Waals surface area (Å²) in [6.07, 6.45) is 1.51. The summed E-state index contributed by atoms with van der Waals surface area (Å²) in [6, 6.07) is 15.0. The highest BCUT2D eigenvalue weighted by Crippen LogP contribution is 2.27. The summed E-state index contributed by atoms with van der Waals surface area (Å²) in [6.45, 7) is 7.15. The van der Waals surface area contributed by atoms with E-state index < -0.39 is 11.9 Å².